The number of hydrogen-bond donors (Lipinski definition) is 1. The highest BCUT2D eigenvalue weighted by atomic mass is 32.1. The number of carbonyl (C=O) groups is 2. The van der Waals surface area contributed by atoms with E-state index in [1.807, 2.05) is 11.8 Å². The second-order valence-corrected chi connectivity index (χ2v) is 7.58. The summed E-state index contributed by atoms with van der Waals surface area (Å²) < 4.78 is 25.2. The normalized spacial score (nSPS) is 19.0. The Balaban J connectivity index is 1.60. The second kappa shape index (κ2) is 9.92. The zero-order valence-corrected chi connectivity index (χ0v) is 18.0. The van der Waals surface area contributed by atoms with Crippen molar-refractivity contribution >= 4 is 40.8 Å². The number of carbonyl (C=O) groups excluding carboxylic acids is 2. The lowest BCUT2D eigenvalue weighted by molar-refractivity contribution is 0.105. The quantitative estimate of drug-likeness (QED) is 0.685. The Hall–Kier alpha value is -2.62. The molecule has 0 aliphatic carbocycles. The number of cyclic esters (lactones) is 1. The minimum absolute atomic E-state index is 0.329. The lowest BCUT2D eigenvalue weighted by Crippen LogP contribution is -2.49. The van der Waals surface area contributed by atoms with Crippen LogP contribution in [0.4, 0.5) is 25.4 Å². The fraction of sp³-hybridized carbons (Fsp3) is 0.550. The van der Waals surface area contributed by atoms with Crippen LogP contribution in [-0.2, 0) is 9.47 Å². The van der Waals surface area contributed by atoms with Crippen LogP contribution >= 0.6 is 12.2 Å². The Morgan fingerprint density at radius 2 is 2.03 bits per heavy atom. The molecule has 2 fully saturated rings. The summed E-state index contributed by atoms with van der Waals surface area (Å²) in [6.45, 7) is 6.74. The Morgan fingerprint density at radius 3 is 2.67 bits per heavy atom. The fourth-order valence-electron chi connectivity index (χ4n) is 3.46. The average molecular weight is 439 g/mol. The van der Waals surface area contributed by atoms with Crippen molar-refractivity contribution in [2.24, 2.45) is 0 Å². The van der Waals surface area contributed by atoms with E-state index in [9.17, 15) is 14.0 Å². The molecule has 0 aromatic heterocycles. The molecular weight excluding hydrogens is 411 g/mol. The number of benzene rings is 1. The van der Waals surface area contributed by atoms with Gasteiger partial charge in [-0.25, -0.2) is 14.0 Å². The molecule has 2 aliphatic heterocycles. The van der Waals surface area contributed by atoms with Crippen LogP contribution in [0.3, 0.4) is 0 Å². The van der Waals surface area contributed by atoms with Gasteiger partial charge in [0.25, 0.3) is 0 Å². The van der Waals surface area contributed by atoms with E-state index in [1.165, 1.54) is 11.0 Å². The van der Waals surface area contributed by atoms with E-state index in [2.05, 4.69) is 5.32 Å². The largest absolute Gasteiger partial charge is 0.450 e. The second-order valence-electron chi connectivity index (χ2n) is 7.08. The lowest BCUT2D eigenvalue weighted by Gasteiger charge is -2.35. The van der Waals surface area contributed by atoms with Gasteiger partial charge < -0.3 is 24.6 Å². The van der Waals surface area contributed by atoms with Crippen molar-refractivity contribution in [3.63, 3.8) is 0 Å². The van der Waals surface area contributed by atoms with Gasteiger partial charge in [0.1, 0.15) is 11.9 Å². The van der Waals surface area contributed by atoms with E-state index in [0.29, 0.717) is 62.2 Å². The average Bonchev–Trinajstić information content (AvgIpc) is 3.12. The molecule has 2 saturated heterocycles. The molecule has 164 valence electrons. The summed E-state index contributed by atoms with van der Waals surface area (Å²) in [5.74, 6) is -0.418. The first-order valence-electron chi connectivity index (χ1n) is 10.1. The molecule has 1 aromatic rings. The van der Waals surface area contributed by atoms with Gasteiger partial charge in [-0.2, -0.15) is 0 Å². The van der Waals surface area contributed by atoms with E-state index in [0.717, 1.165) is 6.42 Å². The molecule has 0 spiro atoms. The molecule has 8 nitrogen and oxygen atoms in total. The number of ether oxygens (including phenoxy) is 2. The Morgan fingerprint density at radius 1 is 1.30 bits per heavy atom. The molecule has 30 heavy (non-hydrogen) atoms. The minimum Gasteiger partial charge on any atom is -0.450 e. The van der Waals surface area contributed by atoms with Crippen LogP contribution in [0.15, 0.2) is 18.2 Å². The number of thiocarbonyl (C=S) groups is 1. The zero-order valence-electron chi connectivity index (χ0n) is 17.2. The van der Waals surface area contributed by atoms with Gasteiger partial charge in [0.15, 0.2) is 0 Å². The first kappa shape index (κ1) is 22.1. The topological polar surface area (TPSA) is 74.3 Å². The molecular formula is C20H27FN4O4S. The SMILES string of the molecule is CCOC(=O)N1CCN(c2ccc(N3CC(CNC(=S)CC)OC3=O)cc2F)CC1. The maximum Gasteiger partial charge on any atom is 0.414 e. The molecule has 2 aliphatic rings. The van der Waals surface area contributed by atoms with Gasteiger partial charge in [-0.1, -0.05) is 19.1 Å². The van der Waals surface area contributed by atoms with Crippen LogP contribution in [0.1, 0.15) is 20.3 Å². The summed E-state index contributed by atoms with van der Waals surface area (Å²) in [7, 11) is 0. The summed E-state index contributed by atoms with van der Waals surface area (Å²) in [5.41, 5.74) is 0.897. The number of nitrogens with zero attached hydrogens (tertiary/aromatic N) is 3. The summed E-state index contributed by atoms with van der Waals surface area (Å²) in [6, 6.07) is 4.72. The number of piperazine rings is 1. The number of anilines is 2. The first-order chi connectivity index (χ1) is 14.4. The third kappa shape index (κ3) is 5.10. The van der Waals surface area contributed by atoms with Gasteiger partial charge in [0.2, 0.25) is 0 Å². The lowest BCUT2D eigenvalue weighted by atomic mass is 10.2. The molecule has 2 amide bonds. The third-order valence-electron chi connectivity index (χ3n) is 5.11. The molecule has 10 heteroatoms. The van der Waals surface area contributed by atoms with Gasteiger partial charge in [-0.3, -0.25) is 4.90 Å². The van der Waals surface area contributed by atoms with Crippen molar-refractivity contribution < 1.29 is 23.5 Å². The number of amides is 2. The Labute approximate surface area is 180 Å². The predicted molar refractivity (Wildman–Crippen MR) is 116 cm³/mol. The van der Waals surface area contributed by atoms with Crippen molar-refractivity contribution in [2.45, 2.75) is 26.4 Å². The predicted octanol–water partition coefficient (Wildman–Crippen LogP) is 2.76. The van der Waals surface area contributed by atoms with Gasteiger partial charge in [0.05, 0.1) is 36.1 Å². The van der Waals surface area contributed by atoms with Crippen LogP contribution in [0.2, 0.25) is 0 Å². The van der Waals surface area contributed by atoms with Crippen LogP contribution < -0.4 is 15.1 Å². The molecule has 2 heterocycles. The summed E-state index contributed by atoms with van der Waals surface area (Å²) in [4.78, 5) is 29.7. The third-order valence-corrected chi connectivity index (χ3v) is 5.54. The van der Waals surface area contributed by atoms with Crippen molar-refractivity contribution in [3.8, 4) is 0 Å². The number of halogens is 1. The summed E-state index contributed by atoms with van der Waals surface area (Å²) >= 11 is 5.12. The molecule has 1 atom stereocenters. The monoisotopic (exact) mass is 438 g/mol. The molecule has 0 saturated carbocycles. The van der Waals surface area contributed by atoms with Gasteiger partial charge in [0, 0.05) is 26.2 Å². The highest BCUT2D eigenvalue weighted by Crippen LogP contribution is 2.28. The van der Waals surface area contributed by atoms with Crippen molar-refractivity contribution in [1.82, 2.24) is 10.2 Å². The number of hydrogen-bond acceptors (Lipinski definition) is 6. The molecule has 3 rings (SSSR count). The maximum absolute atomic E-state index is 14.8. The van der Waals surface area contributed by atoms with Crippen LogP contribution in [0.5, 0.6) is 0 Å². The maximum atomic E-state index is 14.8. The molecule has 0 bridgehead atoms. The van der Waals surface area contributed by atoms with Gasteiger partial charge in [-0.15, -0.1) is 0 Å². The van der Waals surface area contributed by atoms with Gasteiger partial charge in [-0.05, 0) is 31.5 Å². The Kier molecular flexibility index (Phi) is 7.30. The number of nitrogens with one attached hydrogen (secondary N) is 1. The Bertz CT molecular complexity index is 801. The molecule has 1 N–H and O–H groups in total. The fourth-order valence-corrected chi connectivity index (χ4v) is 3.54. The van der Waals surface area contributed by atoms with Crippen molar-refractivity contribution in [3.05, 3.63) is 24.0 Å². The zero-order chi connectivity index (χ0) is 21.7. The highest BCUT2D eigenvalue weighted by Gasteiger charge is 2.33. The van der Waals surface area contributed by atoms with E-state index in [-0.39, 0.29) is 12.2 Å². The van der Waals surface area contributed by atoms with E-state index >= 15 is 0 Å². The summed E-state index contributed by atoms with van der Waals surface area (Å²) in [6.07, 6.45) is -0.468. The van der Waals surface area contributed by atoms with Crippen LogP contribution in [0, 0.1) is 5.82 Å². The first-order valence-corrected chi connectivity index (χ1v) is 10.5. The van der Waals surface area contributed by atoms with Crippen LogP contribution in [0.25, 0.3) is 0 Å². The molecule has 1 unspecified atom stereocenters. The standard InChI is InChI=1S/C20H27FN4O4S/c1-3-18(30)22-12-15-13-25(20(27)29-15)14-5-6-17(16(21)11-14)23-7-9-24(10-8-23)19(26)28-4-2/h5-6,11,15H,3-4,7-10,12-13H2,1-2H3,(H,22,30). The van der Waals surface area contributed by atoms with E-state index < -0.39 is 11.9 Å². The smallest absolute Gasteiger partial charge is 0.414 e. The van der Waals surface area contributed by atoms with Crippen molar-refractivity contribution in [1.29, 1.82) is 0 Å². The minimum atomic E-state index is -0.501. The summed E-state index contributed by atoms with van der Waals surface area (Å²) in [5, 5.41) is 3.06. The van der Waals surface area contributed by atoms with Gasteiger partial charge >= 0.3 is 12.2 Å². The molecule has 0 radical (unpaired) electrons. The highest BCUT2D eigenvalue weighted by molar-refractivity contribution is 7.80. The van der Waals surface area contributed by atoms with Crippen LogP contribution in [-0.4, -0.2) is 74.1 Å². The van der Waals surface area contributed by atoms with Crippen molar-refractivity contribution in [2.75, 3.05) is 55.7 Å². The van der Waals surface area contributed by atoms with E-state index in [1.54, 1.807) is 24.0 Å². The molecule has 1 aromatic carbocycles. The number of rotatable bonds is 6. The van der Waals surface area contributed by atoms with E-state index in [4.69, 9.17) is 21.7 Å².